The topological polar surface area (TPSA) is 45.2 Å². The van der Waals surface area contributed by atoms with E-state index in [1.165, 1.54) is 25.7 Å². The predicted octanol–water partition coefficient (Wildman–Crippen LogP) is 3.04. The standard InChI is InChI=1S/C15H21N3O/c1-11-5-6-14(9-16-11)17-15(19)18-8-7-13(10-18)12-3-2-4-12/h5-6,9,12-13H,2-4,7-8,10H2,1H3,(H,17,19). The maximum absolute atomic E-state index is 12.2. The van der Waals surface area contributed by atoms with Gasteiger partial charge in [0.2, 0.25) is 0 Å². The minimum absolute atomic E-state index is 0.0208. The number of nitrogens with zero attached hydrogens (tertiary/aromatic N) is 2. The molecule has 1 saturated carbocycles. The van der Waals surface area contributed by atoms with Crippen LogP contribution >= 0.6 is 0 Å². The molecule has 102 valence electrons. The van der Waals surface area contributed by atoms with Crippen LogP contribution in [0, 0.1) is 18.8 Å². The summed E-state index contributed by atoms with van der Waals surface area (Å²) < 4.78 is 0. The molecule has 1 aromatic rings. The molecule has 19 heavy (non-hydrogen) atoms. The zero-order chi connectivity index (χ0) is 13.2. The molecular weight excluding hydrogens is 238 g/mol. The number of aromatic nitrogens is 1. The molecule has 2 aliphatic rings. The third-order valence-corrected chi connectivity index (χ3v) is 4.49. The highest BCUT2D eigenvalue weighted by Gasteiger charge is 2.34. The molecule has 1 aromatic heterocycles. The van der Waals surface area contributed by atoms with Crippen molar-refractivity contribution in [3.63, 3.8) is 0 Å². The average molecular weight is 259 g/mol. The lowest BCUT2D eigenvalue weighted by Crippen LogP contribution is -2.34. The van der Waals surface area contributed by atoms with E-state index in [4.69, 9.17) is 0 Å². The molecule has 2 heterocycles. The number of amides is 2. The number of hydrogen-bond donors (Lipinski definition) is 1. The van der Waals surface area contributed by atoms with Gasteiger partial charge in [-0.25, -0.2) is 4.79 Å². The number of pyridine rings is 1. The predicted molar refractivity (Wildman–Crippen MR) is 75.0 cm³/mol. The van der Waals surface area contributed by atoms with Gasteiger partial charge in [-0.3, -0.25) is 4.98 Å². The van der Waals surface area contributed by atoms with Gasteiger partial charge in [-0.1, -0.05) is 19.3 Å². The minimum atomic E-state index is 0.0208. The fraction of sp³-hybridized carbons (Fsp3) is 0.600. The summed E-state index contributed by atoms with van der Waals surface area (Å²) in [6, 6.07) is 3.84. The van der Waals surface area contributed by atoms with Gasteiger partial charge in [-0.15, -0.1) is 0 Å². The van der Waals surface area contributed by atoms with Crippen molar-refractivity contribution in [1.82, 2.24) is 9.88 Å². The quantitative estimate of drug-likeness (QED) is 0.887. The zero-order valence-corrected chi connectivity index (χ0v) is 11.4. The lowest BCUT2D eigenvalue weighted by molar-refractivity contribution is 0.196. The Balaban J connectivity index is 1.54. The van der Waals surface area contributed by atoms with Crippen LogP contribution in [0.15, 0.2) is 18.3 Å². The van der Waals surface area contributed by atoms with Gasteiger partial charge < -0.3 is 10.2 Å². The van der Waals surface area contributed by atoms with Crippen LogP contribution in [0.2, 0.25) is 0 Å². The summed E-state index contributed by atoms with van der Waals surface area (Å²) in [7, 11) is 0. The Labute approximate surface area is 114 Å². The normalized spacial score (nSPS) is 23.2. The van der Waals surface area contributed by atoms with Crippen LogP contribution in [0.5, 0.6) is 0 Å². The molecule has 2 amide bonds. The van der Waals surface area contributed by atoms with E-state index in [0.29, 0.717) is 0 Å². The number of urea groups is 1. The molecule has 1 aliphatic heterocycles. The number of likely N-dealkylation sites (tertiary alicyclic amines) is 1. The van der Waals surface area contributed by atoms with Crippen molar-refractivity contribution >= 4 is 11.7 Å². The summed E-state index contributed by atoms with van der Waals surface area (Å²) >= 11 is 0. The Morgan fingerprint density at radius 3 is 2.79 bits per heavy atom. The highest BCUT2D eigenvalue weighted by Crippen LogP contribution is 2.38. The van der Waals surface area contributed by atoms with Crippen LogP contribution in [0.25, 0.3) is 0 Å². The molecule has 1 N–H and O–H groups in total. The minimum Gasteiger partial charge on any atom is -0.324 e. The molecule has 0 aromatic carbocycles. The number of aryl methyl sites for hydroxylation is 1. The molecule has 4 nitrogen and oxygen atoms in total. The van der Waals surface area contributed by atoms with Crippen LogP contribution in [-0.2, 0) is 0 Å². The van der Waals surface area contributed by atoms with Gasteiger partial charge in [0.1, 0.15) is 0 Å². The van der Waals surface area contributed by atoms with Gasteiger partial charge in [0.25, 0.3) is 0 Å². The summed E-state index contributed by atoms with van der Waals surface area (Å²) in [5.74, 6) is 1.61. The van der Waals surface area contributed by atoms with Gasteiger partial charge in [0.15, 0.2) is 0 Å². The summed E-state index contributed by atoms with van der Waals surface area (Å²) in [5.41, 5.74) is 1.74. The molecule has 1 aliphatic carbocycles. The van der Waals surface area contributed by atoms with E-state index in [2.05, 4.69) is 10.3 Å². The van der Waals surface area contributed by atoms with Crippen molar-refractivity contribution in [3.8, 4) is 0 Å². The summed E-state index contributed by atoms with van der Waals surface area (Å²) in [5, 5.41) is 2.93. The number of carbonyl (C=O) groups is 1. The first-order valence-electron chi connectivity index (χ1n) is 7.21. The fourth-order valence-electron chi connectivity index (χ4n) is 3.01. The van der Waals surface area contributed by atoms with E-state index in [1.807, 2.05) is 24.0 Å². The van der Waals surface area contributed by atoms with E-state index < -0.39 is 0 Å². The van der Waals surface area contributed by atoms with Crippen LogP contribution in [0.1, 0.15) is 31.4 Å². The van der Waals surface area contributed by atoms with Gasteiger partial charge in [0.05, 0.1) is 11.9 Å². The molecule has 4 heteroatoms. The third-order valence-electron chi connectivity index (χ3n) is 4.49. The first kappa shape index (κ1) is 12.5. The van der Waals surface area contributed by atoms with Crippen molar-refractivity contribution in [2.24, 2.45) is 11.8 Å². The molecule has 0 bridgehead atoms. The van der Waals surface area contributed by atoms with Crippen LogP contribution in [0.4, 0.5) is 10.5 Å². The molecule has 2 fully saturated rings. The van der Waals surface area contributed by atoms with E-state index in [0.717, 1.165) is 36.3 Å². The second kappa shape index (κ2) is 5.19. The molecule has 1 atom stereocenters. The lowest BCUT2D eigenvalue weighted by atomic mass is 9.75. The van der Waals surface area contributed by atoms with Crippen molar-refractivity contribution in [1.29, 1.82) is 0 Å². The largest absolute Gasteiger partial charge is 0.324 e. The number of anilines is 1. The van der Waals surface area contributed by atoms with Crippen molar-refractivity contribution < 1.29 is 4.79 Å². The third kappa shape index (κ3) is 2.72. The summed E-state index contributed by atoms with van der Waals surface area (Å²) in [6.45, 7) is 3.76. The molecule has 1 unspecified atom stereocenters. The van der Waals surface area contributed by atoms with Crippen LogP contribution < -0.4 is 5.32 Å². The Morgan fingerprint density at radius 2 is 2.16 bits per heavy atom. The van der Waals surface area contributed by atoms with E-state index in [1.54, 1.807) is 6.20 Å². The lowest BCUT2D eigenvalue weighted by Gasteiger charge is -2.31. The Kier molecular flexibility index (Phi) is 3.40. The molecule has 0 spiro atoms. The SMILES string of the molecule is Cc1ccc(NC(=O)N2CCC(C3CCC3)C2)cn1. The first-order chi connectivity index (χ1) is 9.22. The van der Waals surface area contributed by atoms with Gasteiger partial charge >= 0.3 is 6.03 Å². The van der Waals surface area contributed by atoms with Gasteiger partial charge in [-0.2, -0.15) is 0 Å². The van der Waals surface area contributed by atoms with Gasteiger partial charge in [0, 0.05) is 18.8 Å². The second-order valence-electron chi connectivity index (χ2n) is 5.80. The van der Waals surface area contributed by atoms with Crippen LogP contribution in [0.3, 0.4) is 0 Å². The van der Waals surface area contributed by atoms with E-state index in [-0.39, 0.29) is 6.03 Å². The number of carbonyl (C=O) groups excluding carboxylic acids is 1. The highest BCUT2D eigenvalue weighted by atomic mass is 16.2. The number of rotatable bonds is 2. The fourth-order valence-corrected chi connectivity index (χ4v) is 3.01. The number of nitrogens with one attached hydrogen (secondary N) is 1. The zero-order valence-electron chi connectivity index (χ0n) is 11.4. The molecule has 0 radical (unpaired) electrons. The first-order valence-corrected chi connectivity index (χ1v) is 7.21. The Bertz CT molecular complexity index is 453. The van der Waals surface area contributed by atoms with Crippen LogP contribution in [-0.4, -0.2) is 29.0 Å². The maximum atomic E-state index is 12.2. The van der Waals surface area contributed by atoms with Crippen molar-refractivity contribution in [2.45, 2.75) is 32.6 Å². The molecule has 1 saturated heterocycles. The van der Waals surface area contributed by atoms with Crippen molar-refractivity contribution in [2.75, 3.05) is 18.4 Å². The smallest absolute Gasteiger partial charge is 0.321 e. The second-order valence-corrected chi connectivity index (χ2v) is 5.80. The Morgan fingerprint density at radius 1 is 1.32 bits per heavy atom. The monoisotopic (exact) mass is 259 g/mol. The highest BCUT2D eigenvalue weighted by molar-refractivity contribution is 5.89. The van der Waals surface area contributed by atoms with Gasteiger partial charge in [-0.05, 0) is 37.3 Å². The maximum Gasteiger partial charge on any atom is 0.321 e. The summed E-state index contributed by atoms with van der Waals surface area (Å²) in [6.07, 6.45) is 6.99. The molecular formula is C15H21N3O. The Hall–Kier alpha value is -1.58. The van der Waals surface area contributed by atoms with Crippen molar-refractivity contribution in [3.05, 3.63) is 24.0 Å². The van der Waals surface area contributed by atoms with E-state index >= 15 is 0 Å². The van der Waals surface area contributed by atoms with E-state index in [9.17, 15) is 4.79 Å². The average Bonchev–Trinajstić information content (AvgIpc) is 2.79. The molecule has 3 rings (SSSR count). The summed E-state index contributed by atoms with van der Waals surface area (Å²) in [4.78, 5) is 18.3. The number of hydrogen-bond acceptors (Lipinski definition) is 2.